The predicted molar refractivity (Wildman–Crippen MR) is 60.5 cm³/mol. The number of carboxylic acids is 1. The van der Waals surface area contributed by atoms with E-state index in [0.717, 1.165) is 0 Å². The van der Waals surface area contributed by atoms with Gasteiger partial charge in [-0.25, -0.2) is 8.42 Å². The topological polar surface area (TPSA) is 94.9 Å². The van der Waals surface area contributed by atoms with E-state index in [4.69, 9.17) is 5.11 Å². The molecular formula is C10H17NO5S. The molecule has 98 valence electrons. The molecule has 2 rings (SSSR count). The van der Waals surface area contributed by atoms with Crippen molar-refractivity contribution in [1.29, 1.82) is 0 Å². The number of aliphatic hydroxyl groups is 1. The lowest BCUT2D eigenvalue weighted by molar-refractivity contribution is -0.142. The molecule has 17 heavy (non-hydrogen) atoms. The molecule has 2 N–H and O–H groups in total. The SMILES string of the molecule is O=C(O)CC1(O)CCN(C2CCS(=O)(=O)C2)C1. The molecule has 2 aliphatic rings. The van der Waals surface area contributed by atoms with E-state index in [1.54, 1.807) is 0 Å². The molecule has 6 nitrogen and oxygen atoms in total. The van der Waals surface area contributed by atoms with Gasteiger partial charge in [-0.3, -0.25) is 9.69 Å². The highest BCUT2D eigenvalue weighted by molar-refractivity contribution is 7.91. The molecule has 0 saturated carbocycles. The number of β-amino-alcohol motifs (C(OH)–C–C–N with tert-alkyl or cyclic N) is 1. The Balaban J connectivity index is 1.96. The molecule has 0 bridgehead atoms. The minimum atomic E-state index is -2.93. The van der Waals surface area contributed by atoms with Crippen LogP contribution in [0.2, 0.25) is 0 Å². The number of sulfone groups is 1. The fourth-order valence-corrected chi connectivity index (χ4v) is 4.45. The quantitative estimate of drug-likeness (QED) is 0.684. The summed E-state index contributed by atoms with van der Waals surface area (Å²) in [6.07, 6.45) is 0.713. The second-order valence-electron chi connectivity index (χ2n) is 5.07. The molecule has 2 fully saturated rings. The molecular weight excluding hydrogens is 246 g/mol. The number of hydrogen-bond donors (Lipinski definition) is 2. The van der Waals surface area contributed by atoms with Gasteiger partial charge in [-0.15, -0.1) is 0 Å². The third kappa shape index (κ3) is 2.97. The van der Waals surface area contributed by atoms with E-state index < -0.39 is 21.4 Å². The zero-order chi connectivity index (χ0) is 12.7. The van der Waals surface area contributed by atoms with E-state index in [0.29, 0.717) is 19.4 Å². The zero-order valence-corrected chi connectivity index (χ0v) is 10.3. The van der Waals surface area contributed by atoms with Crippen LogP contribution in [0.25, 0.3) is 0 Å². The first-order valence-electron chi connectivity index (χ1n) is 5.68. The molecule has 2 aliphatic heterocycles. The minimum Gasteiger partial charge on any atom is -0.481 e. The summed E-state index contributed by atoms with van der Waals surface area (Å²) in [6.45, 7) is 0.837. The van der Waals surface area contributed by atoms with Gasteiger partial charge in [-0.2, -0.15) is 0 Å². The molecule has 0 radical (unpaired) electrons. The van der Waals surface area contributed by atoms with Crippen molar-refractivity contribution < 1.29 is 23.4 Å². The number of hydrogen-bond acceptors (Lipinski definition) is 5. The lowest BCUT2D eigenvalue weighted by atomic mass is 9.99. The standard InChI is InChI=1S/C10H17NO5S/c12-9(13)5-10(14)2-3-11(7-10)8-1-4-17(15,16)6-8/h8,14H,1-7H2,(H,12,13). The van der Waals surface area contributed by atoms with Crippen molar-refractivity contribution >= 4 is 15.8 Å². The van der Waals surface area contributed by atoms with Crippen LogP contribution in [0, 0.1) is 0 Å². The van der Waals surface area contributed by atoms with Crippen molar-refractivity contribution in [3.8, 4) is 0 Å². The molecule has 0 aromatic carbocycles. The number of rotatable bonds is 3. The largest absolute Gasteiger partial charge is 0.481 e. The number of nitrogens with zero attached hydrogens (tertiary/aromatic N) is 1. The van der Waals surface area contributed by atoms with Gasteiger partial charge in [-0.1, -0.05) is 0 Å². The van der Waals surface area contributed by atoms with Crippen molar-refractivity contribution in [2.75, 3.05) is 24.6 Å². The molecule has 0 amide bonds. The summed E-state index contributed by atoms with van der Waals surface area (Å²) in [4.78, 5) is 12.5. The van der Waals surface area contributed by atoms with Crippen molar-refractivity contribution in [3.63, 3.8) is 0 Å². The first-order chi connectivity index (χ1) is 7.80. The molecule has 0 spiro atoms. The highest BCUT2D eigenvalue weighted by Crippen LogP contribution is 2.29. The molecule has 0 aliphatic carbocycles. The van der Waals surface area contributed by atoms with Gasteiger partial charge in [0.1, 0.15) is 0 Å². The van der Waals surface area contributed by atoms with E-state index in [-0.39, 0.29) is 30.5 Å². The number of carboxylic acid groups (broad SMARTS) is 1. The van der Waals surface area contributed by atoms with E-state index in [1.807, 2.05) is 4.90 Å². The summed E-state index contributed by atoms with van der Waals surface area (Å²) in [5, 5.41) is 18.7. The van der Waals surface area contributed by atoms with Crippen LogP contribution in [0.3, 0.4) is 0 Å². The summed E-state index contributed by atoms with van der Waals surface area (Å²) in [7, 11) is -2.93. The lowest BCUT2D eigenvalue weighted by Crippen LogP contribution is -2.40. The smallest absolute Gasteiger partial charge is 0.306 e. The Kier molecular flexibility index (Phi) is 3.17. The Bertz CT molecular complexity index is 420. The average molecular weight is 263 g/mol. The van der Waals surface area contributed by atoms with E-state index in [2.05, 4.69) is 0 Å². The maximum atomic E-state index is 11.4. The molecule has 2 atom stereocenters. The third-order valence-electron chi connectivity index (χ3n) is 3.57. The van der Waals surface area contributed by atoms with Gasteiger partial charge in [0, 0.05) is 19.1 Å². The van der Waals surface area contributed by atoms with E-state index in [1.165, 1.54) is 0 Å². The number of likely N-dealkylation sites (tertiary alicyclic amines) is 1. The van der Waals surface area contributed by atoms with Gasteiger partial charge in [-0.05, 0) is 12.8 Å². The average Bonchev–Trinajstić information content (AvgIpc) is 2.68. The Morgan fingerprint density at radius 3 is 2.71 bits per heavy atom. The molecule has 2 unspecified atom stereocenters. The molecule has 0 aromatic rings. The first kappa shape index (κ1) is 12.8. The van der Waals surface area contributed by atoms with Crippen LogP contribution in [0.1, 0.15) is 19.3 Å². The van der Waals surface area contributed by atoms with Crippen LogP contribution in [-0.4, -0.2) is 65.7 Å². The molecule has 7 heteroatoms. The number of carbonyl (C=O) groups is 1. The van der Waals surface area contributed by atoms with Crippen LogP contribution in [0.15, 0.2) is 0 Å². The molecule has 0 aromatic heterocycles. The van der Waals surface area contributed by atoms with Crippen LogP contribution in [0.4, 0.5) is 0 Å². The monoisotopic (exact) mass is 263 g/mol. The number of aliphatic carboxylic acids is 1. The van der Waals surface area contributed by atoms with Crippen LogP contribution in [-0.2, 0) is 14.6 Å². The summed E-state index contributed by atoms with van der Waals surface area (Å²) >= 11 is 0. The molecule has 2 saturated heterocycles. The Morgan fingerprint density at radius 1 is 1.47 bits per heavy atom. The Labute approximate surface area is 100 Å². The van der Waals surface area contributed by atoms with Crippen molar-refractivity contribution in [3.05, 3.63) is 0 Å². The second-order valence-corrected chi connectivity index (χ2v) is 7.30. The van der Waals surface area contributed by atoms with Gasteiger partial charge in [0.25, 0.3) is 0 Å². The van der Waals surface area contributed by atoms with E-state index >= 15 is 0 Å². The highest BCUT2D eigenvalue weighted by atomic mass is 32.2. The fourth-order valence-electron chi connectivity index (χ4n) is 2.69. The maximum absolute atomic E-state index is 11.4. The Hall–Kier alpha value is -0.660. The minimum absolute atomic E-state index is 0.0529. The lowest BCUT2D eigenvalue weighted by Gasteiger charge is -2.25. The Morgan fingerprint density at radius 2 is 2.18 bits per heavy atom. The highest BCUT2D eigenvalue weighted by Gasteiger charge is 2.43. The van der Waals surface area contributed by atoms with Gasteiger partial charge in [0.05, 0.1) is 23.5 Å². The van der Waals surface area contributed by atoms with Crippen LogP contribution < -0.4 is 0 Å². The van der Waals surface area contributed by atoms with Crippen LogP contribution >= 0.6 is 0 Å². The third-order valence-corrected chi connectivity index (χ3v) is 5.32. The summed E-state index contributed by atoms with van der Waals surface area (Å²) < 4.78 is 22.7. The second kappa shape index (κ2) is 4.22. The molecule has 2 heterocycles. The normalized spacial score (nSPS) is 37.4. The van der Waals surface area contributed by atoms with Crippen molar-refractivity contribution in [2.24, 2.45) is 0 Å². The summed E-state index contributed by atoms with van der Waals surface area (Å²) in [5.41, 5.74) is -1.20. The van der Waals surface area contributed by atoms with Gasteiger partial charge < -0.3 is 10.2 Å². The summed E-state index contributed by atoms with van der Waals surface area (Å²) in [5.74, 6) is -0.685. The van der Waals surface area contributed by atoms with Gasteiger partial charge >= 0.3 is 5.97 Å². The zero-order valence-electron chi connectivity index (χ0n) is 9.50. The van der Waals surface area contributed by atoms with Crippen molar-refractivity contribution in [1.82, 2.24) is 4.90 Å². The first-order valence-corrected chi connectivity index (χ1v) is 7.50. The van der Waals surface area contributed by atoms with Crippen molar-refractivity contribution in [2.45, 2.75) is 30.9 Å². The van der Waals surface area contributed by atoms with Gasteiger partial charge in [0.2, 0.25) is 0 Å². The summed E-state index contributed by atoms with van der Waals surface area (Å²) in [6, 6.07) is -0.0529. The van der Waals surface area contributed by atoms with Crippen LogP contribution in [0.5, 0.6) is 0 Å². The fraction of sp³-hybridized carbons (Fsp3) is 0.900. The van der Waals surface area contributed by atoms with Gasteiger partial charge in [0.15, 0.2) is 9.84 Å². The maximum Gasteiger partial charge on any atom is 0.306 e. The van der Waals surface area contributed by atoms with E-state index in [9.17, 15) is 18.3 Å². The predicted octanol–water partition coefficient (Wildman–Crippen LogP) is -0.915.